The Labute approximate surface area is 156 Å². The van der Waals surface area contributed by atoms with E-state index in [4.69, 9.17) is 14.2 Å². The summed E-state index contributed by atoms with van der Waals surface area (Å²) in [4.78, 5) is 8.90. The first-order chi connectivity index (χ1) is 12.5. The maximum Gasteiger partial charge on any atom is 0.214 e. The Morgan fingerprint density at radius 1 is 1.12 bits per heavy atom. The number of nitrogens with zero attached hydrogens (tertiary/aromatic N) is 2. The first-order valence-electron chi connectivity index (χ1n) is 8.06. The van der Waals surface area contributed by atoms with E-state index >= 15 is 0 Å². The zero-order valence-electron chi connectivity index (χ0n) is 15.0. The highest BCUT2D eigenvalue weighted by molar-refractivity contribution is 7.13. The largest absolute Gasteiger partial charge is 0.502 e. The van der Waals surface area contributed by atoms with Gasteiger partial charge in [0.25, 0.3) is 0 Å². The first-order valence-corrected chi connectivity index (χ1v) is 8.94. The second-order valence-electron chi connectivity index (χ2n) is 5.78. The Hall–Kier alpha value is -2.80. The summed E-state index contributed by atoms with van der Waals surface area (Å²) in [6.45, 7) is 3.91. The second kappa shape index (κ2) is 7.61. The monoisotopic (exact) mass is 372 g/mol. The van der Waals surface area contributed by atoms with Crippen LogP contribution in [0.3, 0.4) is 0 Å². The number of hydrogen-bond donors (Lipinski definition) is 1. The molecule has 0 radical (unpaired) electrons. The molecule has 0 saturated carbocycles. The van der Waals surface area contributed by atoms with Gasteiger partial charge in [-0.05, 0) is 32.0 Å². The number of benzene rings is 1. The fourth-order valence-corrected chi connectivity index (χ4v) is 3.32. The third-order valence-corrected chi connectivity index (χ3v) is 4.53. The molecule has 6 nitrogen and oxygen atoms in total. The highest BCUT2D eigenvalue weighted by Crippen LogP contribution is 2.44. The van der Waals surface area contributed by atoms with Gasteiger partial charge in [0.15, 0.2) is 11.5 Å². The average molecular weight is 372 g/mol. The van der Waals surface area contributed by atoms with Crippen molar-refractivity contribution < 1.29 is 19.3 Å². The van der Waals surface area contributed by atoms with Gasteiger partial charge in [-0.15, -0.1) is 11.3 Å². The van der Waals surface area contributed by atoms with Crippen LogP contribution in [0.1, 0.15) is 13.8 Å². The molecule has 0 unspecified atom stereocenters. The van der Waals surface area contributed by atoms with Crippen LogP contribution in [-0.2, 0) is 0 Å². The minimum Gasteiger partial charge on any atom is -0.502 e. The number of hydrogen-bond acceptors (Lipinski definition) is 7. The van der Waals surface area contributed by atoms with Crippen LogP contribution in [-0.4, -0.2) is 35.4 Å². The number of aromatic nitrogens is 2. The second-order valence-corrected chi connectivity index (χ2v) is 6.64. The standard InChI is InChI=1S/C19H20N2O4S/c1-11(2)25-16-9-12(7-8-20-16)19-21-14(10-26-19)13-5-6-15(23-3)17(22)18(13)24-4/h5-11,22H,1-4H3. The first kappa shape index (κ1) is 18.0. The van der Waals surface area contributed by atoms with Crippen LogP contribution < -0.4 is 14.2 Å². The van der Waals surface area contributed by atoms with E-state index in [-0.39, 0.29) is 11.9 Å². The van der Waals surface area contributed by atoms with Crippen LogP contribution in [0.5, 0.6) is 23.1 Å². The van der Waals surface area contributed by atoms with Gasteiger partial charge in [0.1, 0.15) is 5.01 Å². The third kappa shape index (κ3) is 3.57. The molecule has 1 aromatic carbocycles. The molecule has 136 valence electrons. The van der Waals surface area contributed by atoms with Crippen molar-refractivity contribution in [3.63, 3.8) is 0 Å². The summed E-state index contributed by atoms with van der Waals surface area (Å²) in [5.41, 5.74) is 2.33. The number of phenolic OH excluding ortho intramolecular Hbond substituents is 1. The number of thiazole rings is 1. The summed E-state index contributed by atoms with van der Waals surface area (Å²) < 4.78 is 16.1. The summed E-state index contributed by atoms with van der Waals surface area (Å²) in [6, 6.07) is 7.26. The zero-order chi connectivity index (χ0) is 18.7. The molecule has 0 spiro atoms. The highest BCUT2D eigenvalue weighted by atomic mass is 32.1. The Kier molecular flexibility index (Phi) is 5.27. The molecule has 0 aliphatic rings. The van der Waals surface area contributed by atoms with E-state index in [1.807, 2.05) is 37.4 Å². The smallest absolute Gasteiger partial charge is 0.214 e. The van der Waals surface area contributed by atoms with Crippen molar-refractivity contribution >= 4 is 11.3 Å². The predicted molar refractivity (Wildman–Crippen MR) is 101 cm³/mol. The number of aromatic hydroxyl groups is 1. The number of ether oxygens (including phenoxy) is 3. The lowest BCUT2D eigenvalue weighted by Gasteiger charge is -2.11. The zero-order valence-corrected chi connectivity index (χ0v) is 15.8. The van der Waals surface area contributed by atoms with E-state index in [0.29, 0.717) is 28.6 Å². The normalized spacial score (nSPS) is 10.8. The average Bonchev–Trinajstić information content (AvgIpc) is 3.11. The minimum atomic E-state index is -0.0430. The van der Waals surface area contributed by atoms with Crippen LogP contribution in [0.25, 0.3) is 21.8 Å². The summed E-state index contributed by atoms with van der Waals surface area (Å²) in [5.74, 6) is 1.21. The summed E-state index contributed by atoms with van der Waals surface area (Å²) in [5, 5.41) is 13.0. The van der Waals surface area contributed by atoms with Crippen molar-refractivity contribution in [2.75, 3.05) is 14.2 Å². The molecule has 0 atom stereocenters. The number of phenols is 1. The molecule has 3 rings (SSSR count). The maximum absolute atomic E-state index is 10.3. The maximum atomic E-state index is 10.3. The van der Waals surface area contributed by atoms with Crippen LogP contribution in [0.15, 0.2) is 35.8 Å². The van der Waals surface area contributed by atoms with Gasteiger partial charge in [0.2, 0.25) is 11.6 Å². The number of methoxy groups -OCH3 is 2. The fourth-order valence-electron chi connectivity index (χ4n) is 2.50. The van der Waals surface area contributed by atoms with Crippen LogP contribution in [0.4, 0.5) is 0 Å². The predicted octanol–water partition coefficient (Wildman–Crippen LogP) is 4.38. The Bertz CT molecular complexity index is 908. The molecule has 7 heteroatoms. The van der Waals surface area contributed by atoms with Gasteiger partial charge in [0, 0.05) is 28.8 Å². The Balaban J connectivity index is 1.97. The van der Waals surface area contributed by atoms with Crippen molar-refractivity contribution in [1.29, 1.82) is 0 Å². The van der Waals surface area contributed by atoms with E-state index in [9.17, 15) is 5.11 Å². The van der Waals surface area contributed by atoms with E-state index in [1.165, 1.54) is 25.6 Å². The van der Waals surface area contributed by atoms with Crippen molar-refractivity contribution in [2.45, 2.75) is 20.0 Å². The molecule has 0 aliphatic carbocycles. The molecule has 0 amide bonds. The third-order valence-electron chi connectivity index (χ3n) is 3.64. The molecular weight excluding hydrogens is 352 g/mol. The van der Waals surface area contributed by atoms with Gasteiger partial charge in [-0.25, -0.2) is 9.97 Å². The highest BCUT2D eigenvalue weighted by Gasteiger charge is 2.18. The molecule has 0 saturated heterocycles. The Morgan fingerprint density at radius 3 is 2.62 bits per heavy atom. The van der Waals surface area contributed by atoms with Gasteiger partial charge in [-0.1, -0.05) is 0 Å². The minimum absolute atomic E-state index is 0.0430. The Morgan fingerprint density at radius 2 is 1.92 bits per heavy atom. The summed E-state index contributed by atoms with van der Waals surface area (Å²) in [6.07, 6.45) is 1.75. The molecule has 2 heterocycles. The summed E-state index contributed by atoms with van der Waals surface area (Å²) >= 11 is 1.50. The lowest BCUT2D eigenvalue weighted by molar-refractivity contribution is 0.233. The van der Waals surface area contributed by atoms with Crippen LogP contribution >= 0.6 is 11.3 Å². The van der Waals surface area contributed by atoms with Crippen molar-refractivity contribution in [1.82, 2.24) is 9.97 Å². The lowest BCUT2D eigenvalue weighted by Crippen LogP contribution is -2.06. The van der Waals surface area contributed by atoms with Gasteiger partial charge in [-0.2, -0.15) is 0 Å². The van der Waals surface area contributed by atoms with Crippen LogP contribution in [0.2, 0.25) is 0 Å². The molecule has 0 bridgehead atoms. The molecule has 0 fully saturated rings. The van der Waals surface area contributed by atoms with Gasteiger partial charge >= 0.3 is 0 Å². The van der Waals surface area contributed by atoms with Gasteiger partial charge < -0.3 is 19.3 Å². The number of rotatable bonds is 6. The molecular formula is C19H20N2O4S. The molecule has 26 heavy (non-hydrogen) atoms. The summed E-state index contributed by atoms with van der Waals surface area (Å²) in [7, 11) is 3.00. The molecule has 3 aromatic rings. The quantitative estimate of drug-likeness (QED) is 0.692. The van der Waals surface area contributed by atoms with Gasteiger partial charge in [-0.3, -0.25) is 0 Å². The molecule has 2 aromatic heterocycles. The van der Waals surface area contributed by atoms with E-state index < -0.39 is 0 Å². The molecule has 0 aliphatic heterocycles. The number of pyridine rings is 1. The van der Waals surface area contributed by atoms with Gasteiger partial charge in [0.05, 0.1) is 26.0 Å². The van der Waals surface area contributed by atoms with Crippen molar-refractivity contribution in [3.05, 3.63) is 35.8 Å². The van der Waals surface area contributed by atoms with Crippen LogP contribution in [0, 0.1) is 0 Å². The SMILES string of the molecule is COc1ccc(-c2csc(-c3ccnc(OC(C)C)c3)n2)c(OC)c1O. The topological polar surface area (TPSA) is 73.7 Å². The van der Waals surface area contributed by atoms with Crippen molar-refractivity contribution in [2.24, 2.45) is 0 Å². The lowest BCUT2D eigenvalue weighted by atomic mass is 10.1. The fraction of sp³-hybridized carbons (Fsp3) is 0.263. The molecule has 1 N–H and O–H groups in total. The van der Waals surface area contributed by atoms with E-state index in [0.717, 1.165) is 10.6 Å². The van der Waals surface area contributed by atoms with E-state index in [2.05, 4.69) is 9.97 Å². The van der Waals surface area contributed by atoms with E-state index in [1.54, 1.807) is 12.3 Å². The van der Waals surface area contributed by atoms with Crippen molar-refractivity contribution in [3.8, 4) is 45.0 Å².